The standard InChI is InChI=1S/C17H27N3O.ClH/c1-13(2)14-4-6-15(7-5-14)19-17(21)12-20(3)16-8-10-18-11-9-16;/h4-7,13,16,18H,8-12H2,1-3H3,(H,19,21);1H. The number of hydrogen-bond acceptors (Lipinski definition) is 3. The van der Waals surface area contributed by atoms with Crippen LogP contribution in [0.1, 0.15) is 38.2 Å². The van der Waals surface area contributed by atoms with Crippen molar-refractivity contribution in [1.82, 2.24) is 10.2 Å². The van der Waals surface area contributed by atoms with E-state index in [9.17, 15) is 4.79 Å². The lowest BCUT2D eigenvalue weighted by Crippen LogP contribution is -2.44. The Labute approximate surface area is 140 Å². The van der Waals surface area contributed by atoms with E-state index in [4.69, 9.17) is 0 Å². The van der Waals surface area contributed by atoms with Crippen molar-refractivity contribution < 1.29 is 4.79 Å². The average molecular weight is 326 g/mol. The van der Waals surface area contributed by atoms with Crippen LogP contribution in [-0.4, -0.2) is 43.5 Å². The van der Waals surface area contributed by atoms with E-state index in [1.54, 1.807) is 0 Å². The van der Waals surface area contributed by atoms with E-state index in [2.05, 4.69) is 41.5 Å². The van der Waals surface area contributed by atoms with Crippen LogP contribution in [0.15, 0.2) is 24.3 Å². The molecule has 1 saturated heterocycles. The fourth-order valence-corrected chi connectivity index (χ4v) is 2.75. The number of piperidine rings is 1. The zero-order chi connectivity index (χ0) is 15.2. The van der Waals surface area contributed by atoms with Crippen LogP contribution >= 0.6 is 12.4 Å². The molecule has 0 spiro atoms. The number of anilines is 1. The van der Waals surface area contributed by atoms with Gasteiger partial charge in [0.2, 0.25) is 5.91 Å². The summed E-state index contributed by atoms with van der Waals surface area (Å²) in [6, 6.07) is 8.64. The number of carbonyl (C=O) groups excluding carboxylic acids is 1. The molecule has 5 heteroatoms. The highest BCUT2D eigenvalue weighted by molar-refractivity contribution is 5.92. The Hall–Kier alpha value is -1.10. The van der Waals surface area contributed by atoms with Gasteiger partial charge in [-0.1, -0.05) is 26.0 Å². The molecular weight excluding hydrogens is 298 g/mol. The second-order valence-corrected chi connectivity index (χ2v) is 6.22. The molecule has 124 valence electrons. The number of likely N-dealkylation sites (N-methyl/N-ethyl adjacent to an activating group) is 1. The largest absolute Gasteiger partial charge is 0.325 e. The van der Waals surface area contributed by atoms with Gasteiger partial charge in [-0.15, -0.1) is 12.4 Å². The van der Waals surface area contributed by atoms with Gasteiger partial charge in [-0.2, -0.15) is 0 Å². The number of rotatable bonds is 5. The van der Waals surface area contributed by atoms with Crippen molar-refractivity contribution in [2.24, 2.45) is 0 Å². The molecule has 2 N–H and O–H groups in total. The molecule has 1 aromatic rings. The molecule has 1 aromatic carbocycles. The van der Waals surface area contributed by atoms with Crippen molar-refractivity contribution >= 4 is 24.0 Å². The summed E-state index contributed by atoms with van der Waals surface area (Å²) in [5.74, 6) is 0.578. The van der Waals surface area contributed by atoms with Crippen molar-refractivity contribution in [3.05, 3.63) is 29.8 Å². The highest BCUT2D eigenvalue weighted by Crippen LogP contribution is 2.17. The Morgan fingerprint density at radius 1 is 1.27 bits per heavy atom. The number of amides is 1. The Morgan fingerprint density at radius 3 is 2.41 bits per heavy atom. The molecule has 0 aromatic heterocycles. The van der Waals surface area contributed by atoms with E-state index in [-0.39, 0.29) is 18.3 Å². The van der Waals surface area contributed by atoms with Gasteiger partial charge in [-0.25, -0.2) is 0 Å². The van der Waals surface area contributed by atoms with Gasteiger partial charge in [0.15, 0.2) is 0 Å². The lowest BCUT2D eigenvalue weighted by atomic mass is 10.0. The predicted octanol–water partition coefficient (Wildman–Crippen LogP) is 2.85. The van der Waals surface area contributed by atoms with Gasteiger partial charge >= 0.3 is 0 Å². The monoisotopic (exact) mass is 325 g/mol. The molecule has 0 radical (unpaired) electrons. The lowest BCUT2D eigenvalue weighted by molar-refractivity contribution is -0.117. The van der Waals surface area contributed by atoms with Gasteiger partial charge in [0.1, 0.15) is 0 Å². The fourth-order valence-electron chi connectivity index (χ4n) is 2.75. The molecule has 1 aliphatic rings. The van der Waals surface area contributed by atoms with Gasteiger partial charge in [0, 0.05) is 11.7 Å². The maximum Gasteiger partial charge on any atom is 0.238 e. The van der Waals surface area contributed by atoms with Gasteiger partial charge < -0.3 is 10.6 Å². The van der Waals surface area contributed by atoms with Crippen LogP contribution in [0, 0.1) is 0 Å². The molecule has 1 aliphatic heterocycles. The lowest BCUT2D eigenvalue weighted by Gasteiger charge is -2.31. The molecule has 2 rings (SSSR count). The first-order valence-corrected chi connectivity index (χ1v) is 7.87. The average Bonchev–Trinajstić information content (AvgIpc) is 2.48. The summed E-state index contributed by atoms with van der Waals surface area (Å²) in [4.78, 5) is 14.3. The maximum atomic E-state index is 12.1. The van der Waals surface area contributed by atoms with Crippen LogP contribution in [0.5, 0.6) is 0 Å². The second-order valence-electron chi connectivity index (χ2n) is 6.22. The molecule has 1 fully saturated rings. The highest BCUT2D eigenvalue weighted by atomic mass is 35.5. The summed E-state index contributed by atoms with van der Waals surface area (Å²) in [5, 5.41) is 6.33. The molecular formula is C17H28ClN3O. The number of nitrogens with zero attached hydrogens (tertiary/aromatic N) is 1. The van der Waals surface area contributed by atoms with E-state index in [1.807, 2.05) is 19.2 Å². The van der Waals surface area contributed by atoms with Gasteiger partial charge in [-0.3, -0.25) is 9.69 Å². The topological polar surface area (TPSA) is 44.4 Å². The van der Waals surface area contributed by atoms with Crippen molar-refractivity contribution in [3.8, 4) is 0 Å². The first kappa shape index (κ1) is 18.9. The number of hydrogen-bond donors (Lipinski definition) is 2. The Kier molecular flexibility index (Phi) is 7.87. The number of benzene rings is 1. The summed E-state index contributed by atoms with van der Waals surface area (Å²) in [5.41, 5.74) is 2.17. The number of carbonyl (C=O) groups is 1. The third-order valence-electron chi connectivity index (χ3n) is 4.19. The van der Waals surface area contributed by atoms with Crippen LogP contribution in [0.4, 0.5) is 5.69 Å². The highest BCUT2D eigenvalue weighted by Gasteiger charge is 2.19. The molecule has 1 amide bonds. The van der Waals surface area contributed by atoms with Crippen molar-refractivity contribution in [2.75, 3.05) is 32.0 Å². The molecule has 0 unspecified atom stereocenters. The predicted molar refractivity (Wildman–Crippen MR) is 94.9 cm³/mol. The summed E-state index contributed by atoms with van der Waals surface area (Å²) < 4.78 is 0. The molecule has 22 heavy (non-hydrogen) atoms. The zero-order valence-corrected chi connectivity index (χ0v) is 14.6. The van der Waals surface area contributed by atoms with E-state index >= 15 is 0 Å². The Bertz CT molecular complexity index is 455. The minimum Gasteiger partial charge on any atom is -0.325 e. The second kappa shape index (κ2) is 9.13. The Balaban J connectivity index is 0.00000242. The SMILES string of the molecule is CC(C)c1ccc(NC(=O)CN(C)C2CCNCC2)cc1.Cl. The molecule has 1 heterocycles. The smallest absolute Gasteiger partial charge is 0.238 e. The molecule has 0 saturated carbocycles. The third kappa shape index (κ3) is 5.59. The normalized spacial score (nSPS) is 15.7. The van der Waals surface area contributed by atoms with Gasteiger partial charge in [-0.05, 0) is 56.6 Å². The van der Waals surface area contributed by atoms with Crippen molar-refractivity contribution in [1.29, 1.82) is 0 Å². The number of halogens is 1. The summed E-state index contributed by atoms with van der Waals surface area (Å²) in [6.45, 7) is 6.89. The van der Waals surface area contributed by atoms with Gasteiger partial charge in [0.25, 0.3) is 0 Å². The molecule has 0 bridgehead atoms. The van der Waals surface area contributed by atoms with E-state index < -0.39 is 0 Å². The zero-order valence-electron chi connectivity index (χ0n) is 13.8. The van der Waals surface area contributed by atoms with Crippen LogP contribution in [0.2, 0.25) is 0 Å². The quantitative estimate of drug-likeness (QED) is 0.875. The first-order valence-electron chi connectivity index (χ1n) is 7.87. The molecule has 0 atom stereocenters. The van der Waals surface area contributed by atoms with Crippen LogP contribution in [0.3, 0.4) is 0 Å². The third-order valence-corrected chi connectivity index (χ3v) is 4.19. The fraction of sp³-hybridized carbons (Fsp3) is 0.588. The summed E-state index contributed by atoms with van der Waals surface area (Å²) in [6.07, 6.45) is 2.24. The summed E-state index contributed by atoms with van der Waals surface area (Å²) >= 11 is 0. The van der Waals surface area contributed by atoms with Crippen LogP contribution < -0.4 is 10.6 Å². The molecule has 4 nitrogen and oxygen atoms in total. The van der Waals surface area contributed by atoms with E-state index in [1.165, 1.54) is 5.56 Å². The Morgan fingerprint density at radius 2 is 1.86 bits per heavy atom. The minimum absolute atomic E-state index is 0. The van der Waals surface area contributed by atoms with Gasteiger partial charge in [0.05, 0.1) is 6.54 Å². The summed E-state index contributed by atoms with van der Waals surface area (Å²) in [7, 11) is 2.04. The minimum atomic E-state index is 0. The van der Waals surface area contributed by atoms with E-state index in [0.29, 0.717) is 18.5 Å². The van der Waals surface area contributed by atoms with Crippen molar-refractivity contribution in [3.63, 3.8) is 0 Å². The first-order chi connectivity index (χ1) is 10.1. The van der Waals surface area contributed by atoms with Crippen LogP contribution in [-0.2, 0) is 4.79 Å². The molecule has 0 aliphatic carbocycles. The van der Waals surface area contributed by atoms with Crippen molar-refractivity contribution in [2.45, 2.75) is 38.6 Å². The maximum absolute atomic E-state index is 12.1. The number of nitrogens with one attached hydrogen (secondary N) is 2. The van der Waals surface area contributed by atoms with E-state index in [0.717, 1.165) is 31.6 Å². The van der Waals surface area contributed by atoms with Crippen LogP contribution in [0.25, 0.3) is 0 Å².